The molecule has 1 aromatic carbocycles. The quantitative estimate of drug-likeness (QED) is 0.208. The number of H-pyrrole nitrogens is 1. The monoisotopic (exact) mass is 667 g/mol. The highest BCUT2D eigenvalue weighted by molar-refractivity contribution is 5.83. The van der Waals surface area contributed by atoms with Crippen molar-refractivity contribution in [3.8, 4) is 0 Å². The second kappa shape index (κ2) is 13.0. The molecule has 4 aliphatic carbocycles. The number of anilines is 1. The second-order valence-electron chi connectivity index (χ2n) is 17.2. The van der Waals surface area contributed by atoms with Crippen LogP contribution in [0.4, 0.5) is 5.95 Å². The number of aromatic nitrogens is 3. The van der Waals surface area contributed by atoms with Gasteiger partial charge in [0.2, 0.25) is 11.9 Å². The standard InChI is InChI=1S/C41H57N5O3/c1-25(31-9-10-32-38-33(13-17-41(31,32)3)40(2)16-12-29(47)20-28(40)21-36(38)48)8-11-37(49)46-19-15-34-27(24-46)23-44-39(45-34)42-18-14-26-22-43-35-7-5-4-6-30(26)35/h4-7,22-23,25,28-29,31-33,36,38,43,47-48H,8-21,24H2,1-3H3,(H,42,44,45)/t25-,28+,29-,31-,32+,33+,36+,38+,40+,41-/m1/s1. The number of nitrogens with one attached hydrogen (secondary N) is 2. The molecular formula is C41H57N5O3. The number of carbonyl (C=O) groups is 1. The van der Waals surface area contributed by atoms with Gasteiger partial charge in [0.15, 0.2) is 0 Å². The molecule has 3 heterocycles. The summed E-state index contributed by atoms with van der Waals surface area (Å²) in [6.45, 7) is 9.48. The Labute approximate surface area is 291 Å². The molecule has 3 aromatic rings. The number of amides is 1. The summed E-state index contributed by atoms with van der Waals surface area (Å²) in [5, 5.41) is 26.7. The molecule has 1 aliphatic heterocycles. The van der Waals surface area contributed by atoms with Crippen molar-refractivity contribution in [1.29, 1.82) is 0 Å². The van der Waals surface area contributed by atoms with Crippen molar-refractivity contribution in [2.75, 3.05) is 18.4 Å². The number of benzene rings is 1. The van der Waals surface area contributed by atoms with Crippen molar-refractivity contribution in [1.82, 2.24) is 19.9 Å². The van der Waals surface area contributed by atoms with E-state index in [9.17, 15) is 15.0 Å². The number of nitrogens with zero attached hydrogens (tertiary/aromatic N) is 3. The van der Waals surface area contributed by atoms with Gasteiger partial charge in [-0.25, -0.2) is 9.97 Å². The Morgan fingerprint density at radius 2 is 1.90 bits per heavy atom. The van der Waals surface area contributed by atoms with E-state index in [0.717, 1.165) is 68.3 Å². The highest BCUT2D eigenvalue weighted by atomic mass is 16.3. The van der Waals surface area contributed by atoms with E-state index in [1.807, 2.05) is 11.1 Å². The first-order valence-corrected chi connectivity index (χ1v) is 19.4. The Morgan fingerprint density at radius 3 is 2.78 bits per heavy atom. The number of hydrogen-bond acceptors (Lipinski definition) is 6. The lowest BCUT2D eigenvalue weighted by Gasteiger charge is -2.62. The first-order valence-electron chi connectivity index (χ1n) is 19.4. The Morgan fingerprint density at radius 1 is 1.08 bits per heavy atom. The number of carbonyl (C=O) groups excluding carboxylic acids is 1. The fourth-order valence-electron chi connectivity index (χ4n) is 12.1. The zero-order valence-corrected chi connectivity index (χ0v) is 29.8. The zero-order valence-electron chi connectivity index (χ0n) is 29.8. The topological polar surface area (TPSA) is 114 Å². The fourth-order valence-corrected chi connectivity index (χ4v) is 12.1. The van der Waals surface area contributed by atoms with Crippen LogP contribution < -0.4 is 5.32 Å². The molecule has 2 aromatic heterocycles. The molecular weight excluding hydrogens is 610 g/mol. The van der Waals surface area contributed by atoms with Crippen LogP contribution >= 0.6 is 0 Å². The molecule has 8 rings (SSSR count). The van der Waals surface area contributed by atoms with Gasteiger partial charge in [-0.3, -0.25) is 4.79 Å². The van der Waals surface area contributed by atoms with Gasteiger partial charge in [-0.15, -0.1) is 0 Å². The molecule has 264 valence electrons. The van der Waals surface area contributed by atoms with Crippen molar-refractivity contribution in [3.63, 3.8) is 0 Å². The summed E-state index contributed by atoms with van der Waals surface area (Å²) in [4.78, 5) is 28.3. The number of aliphatic hydroxyl groups is 2. The molecule has 10 atom stereocenters. The average molecular weight is 668 g/mol. The molecule has 5 aliphatic rings. The van der Waals surface area contributed by atoms with Gasteiger partial charge < -0.3 is 25.4 Å². The van der Waals surface area contributed by atoms with Crippen LogP contribution in [-0.2, 0) is 24.2 Å². The van der Waals surface area contributed by atoms with Crippen molar-refractivity contribution < 1.29 is 15.0 Å². The average Bonchev–Trinajstić information content (AvgIpc) is 3.68. The minimum absolute atomic E-state index is 0.189. The third-order valence-electron chi connectivity index (χ3n) is 14.9. The molecule has 4 saturated carbocycles. The van der Waals surface area contributed by atoms with Crippen LogP contribution in [0.5, 0.6) is 0 Å². The minimum atomic E-state index is -0.239. The summed E-state index contributed by atoms with van der Waals surface area (Å²) < 4.78 is 0. The summed E-state index contributed by atoms with van der Waals surface area (Å²) in [5.41, 5.74) is 5.06. The zero-order chi connectivity index (χ0) is 33.9. The summed E-state index contributed by atoms with van der Waals surface area (Å²) >= 11 is 0. The van der Waals surface area contributed by atoms with E-state index >= 15 is 0 Å². The molecule has 0 bridgehead atoms. The number of aliphatic hydroxyl groups excluding tert-OH is 2. The second-order valence-corrected chi connectivity index (χ2v) is 17.2. The maximum Gasteiger partial charge on any atom is 0.222 e. The van der Waals surface area contributed by atoms with E-state index in [0.29, 0.717) is 61.0 Å². The van der Waals surface area contributed by atoms with Gasteiger partial charge >= 0.3 is 0 Å². The highest BCUT2D eigenvalue weighted by Gasteiger charge is 2.62. The van der Waals surface area contributed by atoms with Crippen molar-refractivity contribution >= 4 is 22.8 Å². The van der Waals surface area contributed by atoms with E-state index in [2.05, 4.69) is 66.5 Å². The fraction of sp³-hybridized carbons (Fsp3) is 0.683. The SMILES string of the molecule is C[C@H](CCC(=O)N1CCc2nc(NCCc3c[nH]c4ccccc34)ncc2C1)[C@H]1CC[C@H]2[C@@H]3[C@@H](O)C[C@@H]4C[C@H](O)CC[C@]4(C)[C@H]3CC[C@]12C. The van der Waals surface area contributed by atoms with Crippen LogP contribution in [0.3, 0.4) is 0 Å². The third kappa shape index (κ3) is 5.88. The Bertz CT molecular complexity index is 1670. The van der Waals surface area contributed by atoms with Gasteiger partial charge in [-0.05, 0) is 122 Å². The number of aromatic amines is 1. The van der Waals surface area contributed by atoms with Crippen LogP contribution in [0.25, 0.3) is 10.9 Å². The summed E-state index contributed by atoms with van der Waals surface area (Å²) in [7, 11) is 0. The lowest BCUT2D eigenvalue weighted by molar-refractivity contribution is -0.174. The Kier molecular flexibility index (Phi) is 8.79. The van der Waals surface area contributed by atoms with Crippen LogP contribution in [-0.4, -0.2) is 61.3 Å². The summed E-state index contributed by atoms with van der Waals surface area (Å²) in [6.07, 6.45) is 15.4. The van der Waals surface area contributed by atoms with Gasteiger partial charge in [0.1, 0.15) is 0 Å². The summed E-state index contributed by atoms with van der Waals surface area (Å²) in [5.74, 6) is 4.00. The molecule has 4 N–H and O–H groups in total. The number of hydrogen-bond donors (Lipinski definition) is 4. The smallest absolute Gasteiger partial charge is 0.222 e. The predicted molar refractivity (Wildman–Crippen MR) is 193 cm³/mol. The van der Waals surface area contributed by atoms with Crippen LogP contribution in [0, 0.1) is 46.3 Å². The Balaban J connectivity index is 0.840. The van der Waals surface area contributed by atoms with Gasteiger partial charge in [0, 0.05) is 61.3 Å². The Hall–Kier alpha value is -2.97. The van der Waals surface area contributed by atoms with Crippen LogP contribution in [0.2, 0.25) is 0 Å². The molecule has 0 unspecified atom stereocenters. The number of fused-ring (bicyclic) bond motifs is 7. The largest absolute Gasteiger partial charge is 0.393 e. The molecule has 0 spiro atoms. The van der Waals surface area contributed by atoms with Crippen molar-refractivity contribution in [2.24, 2.45) is 46.3 Å². The third-order valence-corrected chi connectivity index (χ3v) is 14.9. The molecule has 0 radical (unpaired) electrons. The van der Waals surface area contributed by atoms with E-state index in [-0.39, 0.29) is 28.9 Å². The molecule has 1 amide bonds. The number of rotatable bonds is 8. The number of para-hydroxylation sites is 1. The molecule has 8 heteroatoms. The van der Waals surface area contributed by atoms with E-state index < -0.39 is 0 Å². The predicted octanol–water partition coefficient (Wildman–Crippen LogP) is 6.90. The van der Waals surface area contributed by atoms with Gasteiger partial charge in [-0.1, -0.05) is 39.0 Å². The normalized spacial score (nSPS) is 36.0. The molecule has 0 saturated heterocycles. The first kappa shape index (κ1) is 33.2. The summed E-state index contributed by atoms with van der Waals surface area (Å²) in [6, 6.07) is 8.38. The van der Waals surface area contributed by atoms with E-state index in [1.165, 1.54) is 36.6 Å². The highest BCUT2D eigenvalue weighted by Crippen LogP contribution is 2.68. The van der Waals surface area contributed by atoms with Crippen molar-refractivity contribution in [3.05, 3.63) is 53.5 Å². The van der Waals surface area contributed by atoms with E-state index in [1.54, 1.807) is 0 Å². The minimum Gasteiger partial charge on any atom is -0.393 e. The molecule has 8 nitrogen and oxygen atoms in total. The molecule has 4 fully saturated rings. The lowest BCUT2D eigenvalue weighted by Crippen LogP contribution is -2.58. The van der Waals surface area contributed by atoms with Crippen molar-refractivity contribution in [2.45, 2.75) is 117 Å². The maximum atomic E-state index is 13.5. The lowest BCUT2D eigenvalue weighted by atomic mass is 9.43. The van der Waals surface area contributed by atoms with Gasteiger partial charge in [-0.2, -0.15) is 0 Å². The van der Waals surface area contributed by atoms with E-state index in [4.69, 9.17) is 4.98 Å². The maximum absolute atomic E-state index is 13.5. The van der Waals surface area contributed by atoms with Gasteiger partial charge in [0.25, 0.3) is 0 Å². The van der Waals surface area contributed by atoms with Crippen LogP contribution in [0.15, 0.2) is 36.7 Å². The molecule has 49 heavy (non-hydrogen) atoms. The van der Waals surface area contributed by atoms with Crippen LogP contribution in [0.1, 0.15) is 102 Å². The van der Waals surface area contributed by atoms with Gasteiger partial charge in [0.05, 0.1) is 17.9 Å². The first-order chi connectivity index (χ1) is 23.6.